The van der Waals surface area contributed by atoms with Crippen molar-refractivity contribution in [2.45, 2.75) is 69.9 Å². The van der Waals surface area contributed by atoms with Crippen molar-refractivity contribution in [1.29, 1.82) is 0 Å². The number of pyridine rings is 1. The fourth-order valence-electron chi connectivity index (χ4n) is 9.32. The van der Waals surface area contributed by atoms with Gasteiger partial charge in [-0.25, -0.2) is 13.8 Å². The number of nitrogens with zero attached hydrogens (tertiary/aromatic N) is 5. The van der Waals surface area contributed by atoms with Crippen molar-refractivity contribution in [2.24, 2.45) is 11.3 Å². The zero-order chi connectivity index (χ0) is 36.0. The molecule has 4 fully saturated rings. The van der Waals surface area contributed by atoms with Gasteiger partial charge in [-0.3, -0.25) is 4.90 Å². The van der Waals surface area contributed by atoms with Gasteiger partial charge in [-0.15, -0.1) is 6.42 Å². The number of halogens is 2. The number of rotatable bonds is 8. The van der Waals surface area contributed by atoms with Crippen molar-refractivity contribution in [1.82, 2.24) is 19.9 Å². The van der Waals surface area contributed by atoms with Crippen LogP contribution in [-0.4, -0.2) is 95.3 Å². The number of hydrogen-bond acceptors (Lipinski definition) is 10. The molecule has 2 aromatic heterocycles. The third-order valence-corrected chi connectivity index (χ3v) is 11.8. The van der Waals surface area contributed by atoms with Crippen molar-refractivity contribution < 1.29 is 33.2 Å². The summed E-state index contributed by atoms with van der Waals surface area (Å²) in [5.41, 5.74) is -0.365. The Morgan fingerprint density at radius 2 is 1.85 bits per heavy atom. The van der Waals surface area contributed by atoms with Crippen LogP contribution in [0, 0.1) is 35.3 Å². The smallest absolute Gasteiger partial charge is 0.319 e. The first-order valence-electron chi connectivity index (χ1n) is 18.5. The second-order valence-corrected chi connectivity index (χ2v) is 15.0. The Labute approximate surface area is 302 Å². The molecular formula is C40H45F2N5O5. The number of β-amino-alcohol motifs (C(OH)–C–C–N with tert-alkyl or cyclic N) is 1. The largest absolute Gasteiger partial charge is 0.508 e. The molecule has 2 N–H and O–H groups in total. The summed E-state index contributed by atoms with van der Waals surface area (Å²) >= 11 is 0. The van der Waals surface area contributed by atoms with Crippen LogP contribution in [0.25, 0.3) is 32.9 Å². The Kier molecular flexibility index (Phi) is 9.53. The Balaban J connectivity index is 1.23. The van der Waals surface area contributed by atoms with Crippen LogP contribution in [-0.2, 0) is 4.74 Å². The predicted octanol–water partition coefficient (Wildman–Crippen LogP) is 6.22. The highest BCUT2D eigenvalue weighted by Crippen LogP contribution is 2.49. The normalized spacial score (nSPS) is 24.2. The van der Waals surface area contributed by atoms with E-state index in [-0.39, 0.29) is 62.7 Å². The SMILES string of the molecule is C#Cc1c(F)ccc2cc(O)cc(-c3nc(OC)c4c(N5CCCC(O)C5)nc(OCC56CCCC5N(CC5CCOCC5)CCC6)nc4c3F)c12. The topological polar surface area (TPSA) is 113 Å². The second kappa shape index (κ2) is 14.3. The maximum absolute atomic E-state index is 17.2. The molecule has 4 aliphatic rings. The molecule has 52 heavy (non-hydrogen) atoms. The lowest BCUT2D eigenvalue weighted by molar-refractivity contribution is -0.0203. The van der Waals surface area contributed by atoms with E-state index in [0.29, 0.717) is 49.2 Å². The van der Waals surface area contributed by atoms with Gasteiger partial charge in [0.05, 0.1) is 25.4 Å². The average Bonchev–Trinajstić information content (AvgIpc) is 3.60. The molecule has 3 atom stereocenters. The number of phenolic OH excluding ortho intramolecular Hbond substituents is 1. The van der Waals surface area contributed by atoms with E-state index in [1.807, 2.05) is 4.90 Å². The molecule has 0 spiro atoms. The summed E-state index contributed by atoms with van der Waals surface area (Å²) in [6.45, 7) is 5.06. The Morgan fingerprint density at radius 3 is 2.63 bits per heavy atom. The number of aromatic hydroxyl groups is 1. The second-order valence-electron chi connectivity index (χ2n) is 15.0. The van der Waals surface area contributed by atoms with E-state index < -0.39 is 17.7 Å². The summed E-state index contributed by atoms with van der Waals surface area (Å²) in [6.07, 6.45) is 14.1. The molecule has 274 valence electrons. The number of aliphatic hydroxyl groups is 1. The Morgan fingerprint density at radius 1 is 1.02 bits per heavy atom. The monoisotopic (exact) mass is 713 g/mol. The van der Waals surface area contributed by atoms with E-state index in [4.69, 9.17) is 30.6 Å². The predicted molar refractivity (Wildman–Crippen MR) is 194 cm³/mol. The van der Waals surface area contributed by atoms with E-state index in [2.05, 4.69) is 15.8 Å². The Hall–Kier alpha value is -4.31. The lowest BCUT2D eigenvalue weighted by Gasteiger charge is -2.47. The van der Waals surface area contributed by atoms with Crippen LogP contribution in [0.2, 0.25) is 0 Å². The molecule has 3 saturated heterocycles. The summed E-state index contributed by atoms with van der Waals surface area (Å²) in [7, 11) is 1.42. The first-order valence-corrected chi connectivity index (χ1v) is 18.5. The molecule has 12 heteroatoms. The van der Waals surface area contributed by atoms with Gasteiger partial charge in [0.25, 0.3) is 0 Å². The third-order valence-electron chi connectivity index (χ3n) is 11.8. The van der Waals surface area contributed by atoms with Crippen LogP contribution >= 0.6 is 0 Å². The molecule has 8 rings (SSSR count). The number of ether oxygens (including phenoxy) is 3. The number of benzene rings is 2. The van der Waals surface area contributed by atoms with Gasteiger partial charge in [-0.1, -0.05) is 18.4 Å². The molecule has 3 aliphatic heterocycles. The molecule has 1 saturated carbocycles. The number of aromatic nitrogens is 3. The summed E-state index contributed by atoms with van der Waals surface area (Å²) in [4.78, 5) is 18.7. The van der Waals surface area contributed by atoms with Gasteiger partial charge < -0.3 is 29.3 Å². The molecule has 0 radical (unpaired) electrons. The molecule has 0 bridgehead atoms. The van der Waals surface area contributed by atoms with Crippen molar-refractivity contribution in [2.75, 3.05) is 58.0 Å². The molecule has 0 amide bonds. The van der Waals surface area contributed by atoms with Crippen molar-refractivity contribution >= 4 is 27.5 Å². The minimum Gasteiger partial charge on any atom is -0.508 e. The molecule has 2 aromatic carbocycles. The number of methoxy groups -OCH3 is 1. The number of fused-ring (bicyclic) bond motifs is 3. The van der Waals surface area contributed by atoms with Gasteiger partial charge >= 0.3 is 6.01 Å². The van der Waals surface area contributed by atoms with E-state index in [1.165, 1.54) is 31.4 Å². The highest BCUT2D eigenvalue weighted by atomic mass is 19.1. The number of hydrogen-bond donors (Lipinski definition) is 2. The first kappa shape index (κ1) is 34.8. The van der Waals surface area contributed by atoms with E-state index in [1.54, 1.807) is 0 Å². The standard InChI is InChI=1S/C40H45F2N5O5/c1-3-28-30(41)10-9-25-19-27(49)20-29(32(25)28)35-34(42)36-33(38(43-35)50-2)37(47-15-5-7-26(48)22-47)45-39(44-36)52-23-40-13-4-8-31(40)46(16-6-14-40)21-24-11-17-51-18-12-24/h1,9-10,19-20,24,26,31,48-49H,4-8,11-18,21-23H2,2H3. The fourth-order valence-corrected chi connectivity index (χ4v) is 9.32. The summed E-state index contributed by atoms with van der Waals surface area (Å²) in [5, 5.41) is 22.2. The minimum atomic E-state index is -0.821. The lowest BCUT2D eigenvalue weighted by atomic mass is 9.75. The van der Waals surface area contributed by atoms with Crippen molar-refractivity contribution in [3.8, 4) is 41.2 Å². The number of anilines is 1. The average molecular weight is 714 g/mol. The number of piperidine rings is 2. The molecule has 4 aromatic rings. The summed E-state index contributed by atoms with van der Waals surface area (Å²) in [6, 6.07) is 5.86. The van der Waals surface area contributed by atoms with Gasteiger partial charge in [0.15, 0.2) is 5.82 Å². The minimum absolute atomic E-state index is 0.0263. The van der Waals surface area contributed by atoms with Crippen molar-refractivity contribution in [3.05, 3.63) is 41.5 Å². The van der Waals surface area contributed by atoms with Crippen LogP contribution in [0.3, 0.4) is 0 Å². The fraction of sp³-hybridized carbons (Fsp3) is 0.525. The van der Waals surface area contributed by atoms with Gasteiger partial charge in [0.1, 0.15) is 34.0 Å². The number of aliphatic hydroxyl groups excluding tert-OH is 1. The van der Waals surface area contributed by atoms with Crippen LogP contribution in [0.1, 0.15) is 63.4 Å². The molecular weight excluding hydrogens is 668 g/mol. The third kappa shape index (κ3) is 6.26. The highest BCUT2D eigenvalue weighted by molar-refractivity contribution is 6.04. The highest BCUT2D eigenvalue weighted by Gasteiger charge is 2.49. The number of terminal acetylenes is 1. The number of likely N-dealkylation sites (tertiary alicyclic amines) is 1. The molecule has 3 unspecified atom stereocenters. The maximum Gasteiger partial charge on any atom is 0.319 e. The van der Waals surface area contributed by atoms with Crippen LogP contribution in [0.15, 0.2) is 24.3 Å². The van der Waals surface area contributed by atoms with Crippen LogP contribution < -0.4 is 14.4 Å². The van der Waals surface area contributed by atoms with Gasteiger partial charge in [-0.05, 0) is 87.4 Å². The van der Waals surface area contributed by atoms with Gasteiger partial charge in [0, 0.05) is 55.3 Å². The van der Waals surface area contributed by atoms with Crippen LogP contribution in [0.5, 0.6) is 17.6 Å². The zero-order valence-electron chi connectivity index (χ0n) is 29.5. The van der Waals surface area contributed by atoms with Crippen molar-refractivity contribution in [3.63, 3.8) is 0 Å². The van der Waals surface area contributed by atoms with E-state index >= 15 is 8.78 Å². The lowest BCUT2D eigenvalue weighted by Crippen LogP contribution is -2.53. The van der Waals surface area contributed by atoms with Crippen LogP contribution in [0.4, 0.5) is 14.6 Å². The quantitative estimate of drug-likeness (QED) is 0.204. The first-order chi connectivity index (χ1) is 25.3. The van der Waals surface area contributed by atoms with E-state index in [9.17, 15) is 10.2 Å². The zero-order valence-corrected chi connectivity index (χ0v) is 29.5. The molecule has 5 heterocycles. The summed E-state index contributed by atoms with van der Waals surface area (Å²) in [5.74, 6) is 1.77. The molecule has 1 aliphatic carbocycles. The number of phenols is 1. The van der Waals surface area contributed by atoms with Gasteiger partial charge in [-0.2, -0.15) is 9.97 Å². The summed E-state index contributed by atoms with van der Waals surface area (Å²) < 4.78 is 50.2. The maximum atomic E-state index is 17.2. The van der Waals surface area contributed by atoms with E-state index in [0.717, 1.165) is 71.2 Å². The van der Waals surface area contributed by atoms with Gasteiger partial charge in [0.2, 0.25) is 5.88 Å². The Bertz CT molecular complexity index is 2030. The molecule has 10 nitrogen and oxygen atoms in total.